The number of amides is 2. The lowest BCUT2D eigenvalue weighted by Crippen LogP contribution is -2.46. The van der Waals surface area contributed by atoms with Gasteiger partial charge in [0.1, 0.15) is 23.9 Å². The van der Waals surface area contributed by atoms with Gasteiger partial charge in [-0.05, 0) is 88.0 Å². The second kappa shape index (κ2) is 12.7. The molecular weight excluding hydrogens is 624 g/mol. The van der Waals surface area contributed by atoms with Gasteiger partial charge in [-0.1, -0.05) is 17.7 Å². The van der Waals surface area contributed by atoms with E-state index >= 15 is 0 Å². The first-order chi connectivity index (χ1) is 20.4. The number of ether oxygens (including phenoxy) is 2. The van der Waals surface area contributed by atoms with Gasteiger partial charge in [0.05, 0.1) is 16.2 Å². The molecule has 0 saturated heterocycles. The Balaban J connectivity index is 1.59. The molecule has 0 spiro atoms. The maximum Gasteiger partial charge on any atom is 0.407 e. The molecule has 12 heteroatoms. The number of hydrogen-bond acceptors (Lipinski definition) is 7. The predicted molar refractivity (Wildman–Crippen MR) is 176 cm³/mol. The van der Waals surface area contributed by atoms with E-state index < -0.39 is 26.2 Å². The monoisotopic (exact) mass is 658 g/mol. The van der Waals surface area contributed by atoms with Gasteiger partial charge in [-0.15, -0.1) is 11.3 Å². The van der Waals surface area contributed by atoms with Crippen LogP contribution in [0.5, 0.6) is 17.2 Å². The van der Waals surface area contributed by atoms with Crippen molar-refractivity contribution in [2.24, 2.45) is 0 Å². The van der Waals surface area contributed by atoms with Crippen molar-refractivity contribution in [3.63, 3.8) is 0 Å². The molecule has 0 aliphatic heterocycles. The molecule has 9 nitrogen and oxygen atoms in total. The number of rotatable bonds is 10. The molecule has 4 rings (SSSR count). The van der Waals surface area contributed by atoms with Crippen molar-refractivity contribution in [3.05, 3.63) is 82.2 Å². The number of carbonyl (C=O) groups excluding carboxylic acids is 1. The largest absolute Gasteiger partial charge is 0.492 e. The van der Waals surface area contributed by atoms with Crippen LogP contribution in [-0.2, 0) is 14.6 Å². The summed E-state index contributed by atoms with van der Waals surface area (Å²) in [6.07, 6.45) is 0.156. The number of carbonyl (C=O) groups is 2. The van der Waals surface area contributed by atoms with Gasteiger partial charge in [0, 0.05) is 45.4 Å². The SMILES string of the molecule is CC(C)(C)N(CCOc1cc(NC(=O)c2cc3cc(C(C)(C)S(C)(=O)=O)ccc3s2)cc(Oc2ccc(Cl)cc2)c1)C(=O)O. The zero-order valence-electron chi connectivity index (χ0n) is 25.3. The maximum absolute atomic E-state index is 13.4. The Morgan fingerprint density at radius 1 is 0.932 bits per heavy atom. The average Bonchev–Trinajstić information content (AvgIpc) is 3.35. The standard InChI is InChI=1S/C32H35ClN2O7S2/c1-31(2,3)35(30(37)38)13-14-41-25-17-23(18-26(19-25)42-24-10-8-22(33)9-11-24)34-29(36)28-16-20-15-21(7-12-27(20)43-28)32(4,5)44(6,39)40/h7-12,15-19H,13-14H2,1-6H3,(H,34,36)(H,37,38). The molecule has 0 radical (unpaired) electrons. The van der Waals surface area contributed by atoms with Crippen molar-refractivity contribution in [2.75, 3.05) is 24.7 Å². The van der Waals surface area contributed by atoms with E-state index in [0.717, 1.165) is 10.1 Å². The van der Waals surface area contributed by atoms with Gasteiger partial charge in [-0.3, -0.25) is 4.79 Å². The topological polar surface area (TPSA) is 122 Å². The summed E-state index contributed by atoms with van der Waals surface area (Å²) in [5.74, 6) is 0.908. The predicted octanol–water partition coefficient (Wildman–Crippen LogP) is 8.04. The molecule has 0 fully saturated rings. The van der Waals surface area contributed by atoms with E-state index in [1.165, 1.54) is 22.5 Å². The van der Waals surface area contributed by atoms with Gasteiger partial charge in [0.15, 0.2) is 9.84 Å². The normalized spacial score (nSPS) is 12.2. The number of thiophene rings is 1. The highest BCUT2D eigenvalue weighted by atomic mass is 35.5. The Hall–Kier alpha value is -3.80. The fourth-order valence-corrected chi connectivity index (χ4v) is 5.95. The number of nitrogens with zero attached hydrogens (tertiary/aromatic N) is 1. The van der Waals surface area contributed by atoms with Crippen molar-refractivity contribution in [1.82, 2.24) is 4.90 Å². The molecule has 2 N–H and O–H groups in total. The summed E-state index contributed by atoms with van der Waals surface area (Å²) in [4.78, 5) is 26.8. The van der Waals surface area contributed by atoms with Crippen LogP contribution in [0, 0.1) is 0 Å². The average molecular weight is 659 g/mol. The van der Waals surface area contributed by atoms with Crippen molar-refractivity contribution < 1.29 is 32.6 Å². The molecule has 3 aromatic carbocycles. The molecule has 0 atom stereocenters. The molecular formula is C32H35ClN2O7S2. The van der Waals surface area contributed by atoms with E-state index in [9.17, 15) is 23.1 Å². The summed E-state index contributed by atoms with van der Waals surface area (Å²) >= 11 is 7.29. The minimum atomic E-state index is -3.37. The van der Waals surface area contributed by atoms with E-state index in [1.807, 2.05) is 6.07 Å². The van der Waals surface area contributed by atoms with Crippen LogP contribution in [0.15, 0.2) is 66.7 Å². The van der Waals surface area contributed by atoms with Gasteiger partial charge in [-0.25, -0.2) is 13.2 Å². The van der Waals surface area contributed by atoms with E-state index in [4.69, 9.17) is 21.1 Å². The first-order valence-corrected chi connectivity index (χ1v) is 16.8. The summed E-state index contributed by atoms with van der Waals surface area (Å²) in [6, 6.07) is 18.9. The van der Waals surface area contributed by atoms with Gasteiger partial charge < -0.3 is 24.8 Å². The Morgan fingerprint density at radius 3 is 2.20 bits per heavy atom. The summed E-state index contributed by atoms with van der Waals surface area (Å²) < 4.78 is 36.4. The molecule has 0 unspecified atom stereocenters. The second-order valence-corrected chi connectivity index (χ2v) is 15.9. The highest BCUT2D eigenvalue weighted by Gasteiger charge is 2.32. The summed E-state index contributed by atoms with van der Waals surface area (Å²) in [6.45, 7) is 8.92. The lowest BCUT2D eigenvalue weighted by Gasteiger charge is -2.33. The minimum Gasteiger partial charge on any atom is -0.492 e. The lowest BCUT2D eigenvalue weighted by atomic mass is 10.0. The van der Waals surface area contributed by atoms with E-state index in [0.29, 0.717) is 38.4 Å². The van der Waals surface area contributed by atoms with Crippen molar-refractivity contribution in [1.29, 1.82) is 0 Å². The number of benzene rings is 3. The van der Waals surface area contributed by atoms with Crippen LogP contribution in [0.2, 0.25) is 5.02 Å². The van der Waals surface area contributed by atoms with Crippen molar-refractivity contribution in [2.45, 2.75) is 44.9 Å². The van der Waals surface area contributed by atoms with Crippen LogP contribution in [-0.4, -0.2) is 55.4 Å². The molecule has 0 bridgehead atoms. The Morgan fingerprint density at radius 2 is 1.59 bits per heavy atom. The second-order valence-electron chi connectivity index (χ2n) is 11.8. The first-order valence-electron chi connectivity index (χ1n) is 13.7. The lowest BCUT2D eigenvalue weighted by molar-refractivity contribution is 0.0891. The highest BCUT2D eigenvalue weighted by molar-refractivity contribution is 7.91. The molecule has 0 aliphatic carbocycles. The fraction of sp³-hybridized carbons (Fsp3) is 0.312. The minimum absolute atomic E-state index is 0.0732. The molecule has 44 heavy (non-hydrogen) atoms. The van der Waals surface area contributed by atoms with Crippen LogP contribution in [0.25, 0.3) is 10.1 Å². The molecule has 0 aliphatic rings. The fourth-order valence-electron chi connectivity index (χ4n) is 4.33. The molecule has 4 aromatic rings. The van der Waals surface area contributed by atoms with Crippen molar-refractivity contribution >= 4 is 60.5 Å². The third-order valence-electron chi connectivity index (χ3n) is 7.17. The zero-order valence-corrected chi connectivity index (χ0v) is 27.7. The van der Waals surface area contributed by atoms with Crippen LogP contribution >= 0.6 is 22.9 Å². The van der Waals surface area contributed by atoms with Gasteiger partial charge in [0.25, 0.3) is 5.91 Å². The van der Waals surface area contributed by atoms with Crippen LogP contribution in [0.3, 0.4) is 0 Å². The van der Waals surface area contributed by atoms with Gasteiger partial charge in [0.2, 0.25) is 0 Å². The molecule has 0 saturated carbocycles. The Labute approximate surface area is 266 Å². The number of hydrogen-bond donors (Lipinski definition) is 2. The third kappa shape index (κ3) is 7.82. The van der Waals surface area contributed by atoms with E-state index in [-0.39, 0.29) is 19.1 Å². The maximum atomic E-state index is 13.4. The van der Waals surface area contributed by atoms with E-state index in [2.05, 4.69) is 5.32 Å². The molecule has 234 valence electrons. The van der Waals surface area contributed by atoms with Crippen LogP contribution < -0.4 is 14.8 Å². The molecule has 2 amide bonds. The molecule has 1 aromatic heterocycles. The quantitative estimate of drug-likeness (QED) is 0.177. The van der Waals surface area contributed by atoms with Crippen LogP contribution in [0.1, 0.15) is 49.9 Å². The Kier molecular flexibility index (Phi) is 9.53. The first kappa shape index (κ1) is 33.1. The Bertz CT molecular complexity index is 1790. The number of fused-ring (bicyclic) bond motifs is 1. The van der Waals surface area contributed by atoms with Gasteiger partial charge in [-0.2, -0.15) is 0 Å². The smallest absolute Gasteiger partial charge is 0.407 e. The third-order valence-corrected chi connectivity index (χ3v) is 10.6. The van der Waals surface area contributed by atoms with Crippen LogP contribution in [0.4, 0.5) is 10.5 Å². The van der Waals surface area contributed by atoms with Crippen molar-refractivity contribution in [3.8, 4) is 17.2 Å². The van der Waals surface area contributed by atoms with E-state index in [1.54, 1.807) is 95.3 Å². The number of nitrogens with one attached hydrogen (secondary N) is 1. The summed E-state index contributed by atoms with van der Waals surface area (Å²) in [5.41, 5.74) is 0.428. The summed E-state index contributed by atoms with van der Waals surface area (Å²) in [7, 11) is -3.37. The number of sulfone groups is 1. The number of carboxylic acid groups (broad SMARTS) is 1. The summed E-state index contributed by atoms with van der Waals surface area (Å²) in [5, 5.41) is 13.8. The molecule has 1 heterocycles. The van der Waals surface area contributed by atoms with Gasteiger partial charge >= 0.3 is 6.09 Å². The number of anilines is 1. The zero-order chi connectivity index (χ0) is 32.4. The number of halogens is 1. The highest BCUT2D eigenvalue weighted by Crippen LogP contribution is 2.35.